The molecular weight excluding hydrogens is 264 g/mol. The number of ether oxygens (including phenoxy) is 1. The van der Waals surface area contributed by atoms with Gasteiger partial charge in [-0.25, -0.2) is 0 Å². The average molecular weight is 284 g/mol. The van der Waals surface area contributed by atoms with E-state index in [1.54, 1.807) is 0 Å². The van der Waals surface area contributed by atoms with E-state index in [9.17, 15) is 5.11 Å². The Hall–Kier alpha value is -1.74. The Bertz CT molecular complexity index is 597. The van der Waals surface area contributed by atoms with Gasteiger partial charge in [-0.2, -0.15) is 0 Å². The van der Waals surface area contributed by atoms with Crippen LogP contribution < -0.4 is 9.92 Å². The maximum absolute atomic E-state index is 9.75. The van der Waals surface area contributed by atoms with E-state index in [0.29, 0.717) is 21.5 Å². The van der Waals surface area contributed by atoms with Crippen molar-refractivity contribution >= 4 is 14.7 Å². The first-order valence-electron chi connectivity index (χ1n) is 6.72. The third-order valence-electron chi connectivity index (χ3n) is 3.57. The summed E-state index contributed by atoms with van der Waals surface area (Å²) in [6.07, 6.45) is 0.675. The first kappa shape index (κ1) is 14.7. The topological polar surface area (TPSA) is 29.5 Å². The van der Waals surface area contributed by atoms with Gasteiger partial charge in [0.25, 0.3) is 0 Å². The first-order valence-corrected chi connectivity index (χ1v) is 7.93. The zero-order valence-corrected chi connectivity index (χ0v) is 13.4. The van der Waals surface area contributed by atoms with Crippen molar-refractivity contribution in [2.45, 2.75) is 27.7 Å². The van der Waals surface area contributed by atoms with Crippen LogP contribution in [0.5, 0.6) is 11.5 Å². The second kappa shape index (κ2) is 6.14. The van der Waals surface area contributed by atoms with Crippen molar-refractivity contribution in [3.05, 3.63) is 52.6 Å². The predicted octanol–water partition coefficient (Wildman–Crippen LogP) is 2.99. The fourth-order valence-corrected chi connectivity index (χ4v) is 3.21. The Balaban J connectivity index is 2.01. The highest BCUT2D eigenvalue weighted by Gasteiger charge is 2.06. The van der Waals surface area contributed by atoms with Gasteiger partial charge in [-0.3, -0.25) is 0 Å². The van der Waals surface area contributed by atoms with E-state index in [2.05, 4.69) is 32.0 Å². The van der Waals surface area contributed by atoms with Crippen LogP contribution in [0.25, 0.3) is 0 Å². The van der Waals surface area contributed by atoms with E-state index >= 15 is 0 Å². The lowest BCUT2D eigenvalue weighted by molar-refractivity contribution is 0.383. The Labute approximate surface area is 123 Å². The molecule has 0 saturated carbocycles. The van der Waals surface area contributed by atoms with Crippen molar-refractivity contribution in [2.24, 2.45) is 0 Å². The summed E-state index contributed by atoms with van der Waals surface area (Å²) in [6, 6.07) is 10.2. The highest BCUT2D eigenvalue weighted by molar-refractivity contribution is 6.54. The van der Waals surface area contributed by atoms with Crippen molar-refractivity contribution in [3.63, 3.8) is 0 Å². The molecule has 1 N–H and O–H groups in total. The second-order valence-electron chi connectivity index (χ2n) is 5.12. The molecular formula is C17H20O2Si. The molecule has 0 heterocycles. The van der Waals surface area contributed by atoms with Gasteiger partial charge >= 0.3 is 0 Å². The van der Waals surface area contributed by atoms with Gasteiger partial charge in [0.15, 0.2) is 0 Å². The van der Waals surface area contributed by atoms with Crippen LogP contribution in [0.1, 0.15) is 22.3 Å². The molecule has 0 aliphatic heterocycles. The minimum Gasteiger partial charge on any atom is -0.507 e. The Morgan fingerprint density at radius 2 is 1.65 bits per heavy atom. The number of phenols is 1. The number of aryl methyl sites for hydroxylation is 3. The molecule has 0 bridgehead atoms. The molecule has 0 fully saturated rings. The van der Waals surface area contributed by atoms with Crippen molar-refractivity contribution < 1.29 is 9.84 Å². The van der Waals surface area contributed by atoms with Crippen LogP contribution in [-0.2, 0) is 0 Å². The highest BCUT2D eigenvalue weighted by Crippen LogP contribution is 2.26. The standard InChI is InChI=1S/C17H20O2Si/c1-11-6-5-7-16(14(11)4)20-10-19-15-8-12(2)17(18)13(3)9-15/h5-9,18H,10H2,1-4H3. The maximum atomic E-state index is 9.75. The molecule has 2 aromatic carbocycles. The van der Waals surface area contributed by atoms with Gasteiger partial charge in [-0.1, -0.05) is 23.4 Å². The lowest BCUT2D eigenvalue weighted by Crippen LogP contribution is -2.24. The van der Waals surface area contributed by atoms with Crippen molar-refractivity contribution in [1.29, 1.82) is 0 Å². The third kappa shape index (κ3) is 3.22. The van der Waals surface area contributed by atoms with Gasteiger partial charge in [-0.15, -0.1) is 0 Å². The largest absolute Gasteiger partial charge is 0.507 e. The van der Waals surface area contributed by atoms with E-state index in [1.165, 1.54) is 16.3 Å². The number of rotatable bonds is 4. The van der Waals surface area contributed by atoms with E-state index in [1.807, 2.05) is 26.0 Å². The minimum atomic E-state index is 0.356. The molecule has 0 aliphatic rings. The molecule has 2 rings (SSSR count). The SMILES string of the molecule is Cc1cccc([Si]COc2cc(C)c(O)c(C)c2)c1C. The van der Waals surface area contributed by atoms with Crippen LogP contribution in [0.4, 0.5) is 0 Å². The third-order valence-corrected chi connectivity index (χ3v) is 4.78. The summed E-state index contributed by atoms with van der Waals surface area (Å²) in [7, 11) is 0.631. The predicted molar refractivity (Wildman–Crippen MR) is 84.4 cm³/mol. The summed E-state index contributed by atoms with van der Waals surface area (Å²) >= 11 is 0. The van der Waals surface area contributed by atoms with Crippen LogP contribution in [-0.4, -0.2) is 20.9 Å². The van der Waals surface area contributed by atoms with E-state index in [-0.39, 0.29) is 0 Å². The molecule has 0 spiro atoms. The van der Waals surface area contributed by atoms with Gasteiger partial charge in [0, 0.05) is 0 Å². The lowest BCUT2D eigenvalue weighted by atomic mass is 10.1. The zero-order chi connectivity index (χ0) is 14.7. The van der Waals surface area contributed by atoms with Crippen LogP contribution in [0.2, 0.25) is 0 Å². The molecule has 0 aliphatic carbocycles. The summed E-state index contributed by atoms with van der Waals surface area (Å²) in [4.78, 5) is 0. The summed E-state index contributed by atoms with van der Waals surface area (Å²) < 4.78 is 5.82. The molecule has 0 aromatic heterocycles. The highest BCUT2D eigenvalue weighted by atomic mass is 28.2. The fraction of sp³-hybridized carbons (Fsp3) is 0.294. The fourth-order valence-electron chi connectivity index (χ4n) is 2.14. The smallest absolute Gasteiger partial charge is 0.131 e. The van der Waals surface area contributed by atoms with Gasteiger partial charge in [-0.05, 0) is 62.1 Å². The van der Waals surface area contributed by atoms with E-state index < -0.39 is 0 Å². The maximum Gasteiger partial charge on any atom is 0.131 e. The monoisotopic (exact) mass is 284 g/mol. The lowest BCUT2D eigenvalue weighted by Gasteiger charge is -2.11. The van der Waals surface area contributed by atoms with Crippen molar-refractivity contribution in [1.82, 2.24) is 0 Å². The summed E-state index contributed by atoms with van der Waals surface area (Å²) in [5.74, 6) is 1.19. The minimum absolute atomic E-state index is 0.356. The van der Waals surface area contributed by atoms with Crippen LogP contribution in [0.3, 0.4) is 0 Å². The van der Waals surface area contributed by atoms with Crippen LogP contribution in [0.15, 0.2) is 30.3 Å². The quantitative estimate of drug-likeness (QED) is 0.875. The number of aromatic hydroxyl groups is 1. The van der Waals surface area contributed by atoms with Crippen LogP contribution >= 0.6 is 0 Å². The first-order chi connectivity index (χ1) is 9.49. The molecule has 2 nitrogen and oxygen atoms in total. The van der Waals surface area contributed by atoms with Crippen molar-refractivity contribution in [2.75, 3.05) is 6.23 Å². The van der Waals surface area contributed by atoms with Gasteiger partial charge in [0.05, 0.1) is 6.23 Å². The van der Waals surface area contributed by atoms with E-state index in [4.69, 9.17) is 4.74 Å². The number of benzene rings is 2. The van der Waals surface area contributed by atoms with Gasteiger partial charge in [0.1, 0.15) is 21.0 Å². The Morgan fingerprint density at radius 3 is 2.30 bits per heavy atom. The van der Waals surface area contributed by atoms with Gasteiger partial charge < -0.3 is 9.84 Å². The number of hydrogen-bond acceptors (Lipinski definition) is 2. The normalized spacial score (nSPS) is 10.6. The summed E-state index contributed by atoms with van der Waals surface area (Å²) in [5, 5.41) is 11.1. The summed E-state index contributed by atoms with van der Waals surface area (Å²) in [5.41, 5.74) is 4.39. The van der Waals surface area contributed by atoms with E-state index in [0.717, 1.165) is 16.9 Å². The molecule has 0 amide bonds. The zero-order valence-electron chi connectivity index (χ0n) is 12.4. The molecule has 2 aromatic rings. The van der Waals surface area contributed by atoms with Gasteiger partial charge in [0.2, 0.25) is 0 Å². The molecule has 3 heteroatoms. The molecule has 0 atom stereocenters. The summed E-state index contributed by atoms with van der Waals surface area (Å²) in [6.45, 7) is 8.08. The van der Waals surface area contributed by atoms with Crippen LogP contribution in [0, 0.1) is 27.7 Å². The molecule has 0 unspecified atom stereocenters. The second-order valence-corrected chi connectivity index (χ2v) is 6.30. The number of phenolic OH excluding ortho intramolecular Hbond substituents is 1. The molecule has 104 valence electrons. The Kier molecular flexibility index (Phi) is 4.50. The number of hydrogen-bond donors (Lipinski definition) is 1. The molecule has 2 radical (unpaired) electrons. The van der Waals surface area contributed by atoms with Crippen molar-refractivity contribution in [3.8, 4) is 11.5 Å². The molecule has 20 heavy (non-hydrogen) atoms. The Morgan fingerprint density at radius 1 is 1.00 bits per heavy atom. The molecule has 0 saturated heterocycles. The average Bonchev–Trinajstić information content (AvgIpc) is 2.41.